The van der Waals surface area contributed by atoms with E-state index in [4.69, 9.17) is 32.4 Å². The zero-order chi connectivity index (χ0) is 20.4. The molecule has 146 valence electrons. The van der Waals surface area contributed by atoms with Crippen molar-refractivity contribution in [3.8, 4) is 17.2 Å². The number of hydrogen-bond acceptors (Lipinski definition) is 4. The molecule has 5 nitrogen and oxygen atoms in total. The van der Waals surface area contributed by atoms with Crippen molar-refractivity contribution in [1.82, 2.24) is 4.98 Å². The zero-order valence-corrected chi connectivity index (χ0v) is 17.9. The molecule has 3 aromatic carbocycles. The maximum atomic E-state index is 12.2. The van der Waals surface area contributed by atoms with E-state index in [-0.39, 0.29) is 12.5 Å². The Labute approximate surface area is 184 Å². The fraction of sp³-hybridized carbons (Fsp3) is 0.0476. The van der Waals surface area contributed by atoms with Crippen LogP contribution in [0.15, 0.2) is 69.6 Å². The lowest BCUT2D eigenvalue weighted by molar-refractivity contribution is -0.118. The SMILES string of the molecule is O=C(COc1ccc(Cl)cc1Cl)Nc1ccc2oc(-c3cccc(Br)c3)nc2c1. The first-order valence-electron chi connectivity index (χ1n) is 8.52. The van der Waals surface area contributed by atoms with Crippen LogP contribution in [-0.4, -0.2) is 17.5 Å². The lowest BCUT2D eigenvalue weighted by Gasteiger charge is -2.09. The van der Waals surface area contributed by atoms with E-state index in [9.17, 15) is 4.79 Å². The highest BCUT2D eigenvalue weighted by atomic mass is 79.9. The summed E-state index contributed by atoms with van der Waals surface area (Å²) in [6.45, 7) is -0.193. The average molecular weight is 492 g/mol. The number of anilines is 1. The molecule has 1 amide bonds. The molecule has 0 unspecified atom stereocenters. The van der Waals surface area contributed by atoms with Crippen LogP contribution >= 0.6 is 39.1 Å². The average Bonchev–Trinajstić information content (AvgIpc) is 3.11. The van der Waals surface area contributed by atoms with E-state index >= 15 is 0 Å². The first kappa shape index (κ1) is 19.8. The number of ether oxygens (including phenoxy) is 1. The summed E-state index contributed by atoms with van der Waals surface area (Å²) in [4.78, 5) is 16.7. The number of hydrogen-bond donors (Lipinski definition) is 1. The van der Waals surface area contributed by atoms with Gasteiger partial charge in [0.2, 0.25) is 5.89 Å². The minimum Gasteiger partial charge on any atom is -0.482 e. The molecule has 4 aromatic rings. The Hall–Kier alpha value is -2.54. The molecule has 0 aliphatic carbocycles. The minimum absolute atomic E-state index is 0.193. The van der Waals surface area contributed by atoms with Crippen molar-refractivity contribution < 1.29 is 13.9 Å². The van der Waals surface area contributed by atoms with Crippen molar-refractivity contribution >= 4 is 61.8 Å². The molecule has 1 N–H and O–H groups in total. The van der Waals surface area contributed by atoms with Crippen LogP contribution in [0.1, 0.15) is 0 Å². The smallest absolute Gasteiger partial charge is 0.262 e. The first-order valence-corrected chi connectivity index (χ1v) is 10.1. The number of rotatable bonds is 5. The van der Waals surface area contributed by atoms with E-state index in [1.165, 1.54) is 0 Å². The number of amides is 1. The van der Waals surface area contributed by atoms with Gasteiger partial charge in [0.05, 0.1) is 5.02 Å². The Morgan fingerprint density at radius 3 is 2.76 bits per heavy atom. The van der Waals surface area contributed by atoms with Gasteiger partial charge in [0.25, 0.3) is 5.91 Å². The third-order valence-electron chi connectivity index (χ3n) is 4.00. The number of oxazole rings is 1. The topological polar surface area (TPSA) is 64.4 Å². The van der Waals surface area contributed by atoms with Crippen LogP contribution in [0.3, 0.4) is 0 Å². The Bertz CT molecular complexity index is 1210. The summed E-state index contributed by atoms with van der Waals surface area (Å²) in [6, 6.07) is 17.7. The summed E-state index contributed by atoms with van der Waals surface area (Å²) in [6.07, 6.45) is 0. The molecule has 0 fully saturated rings. The van der Waals surface area contributed by atoms with Crippen LogP contribution in [0, 0.1) is 0 Å². The van der Waals surface area contributed by atoms with Gasteiger partial charge in [0.1, 0.15) is 11.3 Å². The fourth-order valence-electron chi connectivity index (χ4n) is 2.68. The van der Waals surface area contributed by atoms with Crippen molar-refractivity contribution in [1.29, 1.82) is 0 Å². The van der Waals surface area contributed by atoms with Crippen LogP contribution in [0.4, 0.5) is 5.69 Å². The predicted octanol–water partition coefficient (Wildman–Crippen LogP) is 6.58. The molecule has 1 aromatic heterocycles. The third kappa shape index (κ3) is 4.72. The molecule has 29 heavy (non-hydrogen) atoms. The van der Waals surface area contributed by atoms with Gasteiger partial charge in [0.15, 0.2) is 12.2 Å². The van der Waals surface area contributed by atoms with Crippen LogP contribution < -0.4 is 10.1 Å². The quantitative estimate of drug-likeness (QED) is 0.342. The summed E-state index contributed by atoms with van der Waals surface area (Å²) >= 11 is 15.3. The summed E-state index contributed by atoms with van der Waals surface area (Å²) in [5.74, 6) is 0.563. The van der Waals surface area contributed by atoms with Gasteiger partial charge in [-0.05, 0) is 54.6 Å². The van der Waals surface area contributed by atoms with Crippen molar-refractivity contribution in [2.24, 2.45) is 0 Å². The molecule has 0 radical (unpaired) electrons. The Kier molecular flexibility index (Phi) is 5.76. The van der Waals surface area contributed by atoms with Gasteiger partial charge >= 0.3 is 0 Å². The summed E-state index contributed by atoms with van der Waals surface area (Å²) < 4.78 is 12.2. The van der Waals surface area contributed by atoms with Gasteiger partial charge in [-0.15, -0.1) is 0 Å². The highest BCUT2D eigenvalue weighted by Gasteiger charge is 2.11. The molecule has 1 heterocycles. The number of nitrogens with zero attached hydrogens (tertiary/aromatic N) is 1. The minimum atomic E-state index is -0.328. The van der Waals surface area contributed by atoms with Gasteiger partial charge in [-0.3, -0.25) is 4.79 Å². The van der Waals surface area contributed by atoms with E-state index in [0.717, 1.165) is 10.0 Å². The molecule has 0 atom stereocenters. The van der Waals surface area contributed by atoms with Crippen LogP contribution in [0.25, 0.3) is 22.6 Å². The number of fused-ring (bicyclic) bond motifs is 1. The Morgan fingerprint density at radius 1 is 1.10 bits per heavy atom. The summed E-state index contributed by atoms with van der Waals surface area (Å²) in [7, 11) is 0. The van der Waals surface area contributed by atoms with E-state index < -0.39 is 0 Å². The lowest BCUT2D eigenvalue weighted by atomic mass is 10.2. The van der Waals surface area contributed by atoms with E-state index in [1.54, 1.807) is 36.4 Å². The van der Waals surface area contributed by atoms with E-state index in [2.05, 4.69) is 26.2 Å². The molecule has 8 heteroatoms. The number of aromatic nitrogens is 1. The van der Waals surface area contributed by atoms with Crippen molar-refractivity contribution in [3.63, 3.8) is 0 Å². The number of benzene rings is 3. The monoisotopic (exact) mass is 490 g/mol. The van der Waals surface area contributed by atoms with Crippen LogP contribution in [-0.2, 0) is 4.79 Å². The standard InChI is InChI=1S/C21H13BrCl2N2O3/c22-13-3-1-2-12(8-13)21-26-17-10-15(5-7-19(17)29-21)25-20(27)11-28-18-6-4-14(23)9-16(18)24/h1-10H,11H2,(H,25,27). The molecule has 0 aliphatic rings. The second-order valence-electron chi connectivity index (χ2n) is 6.12. The van der Waals surface area contributed by atoms with Gasteiger partial charge in [-0.1, -0.05) is 45.2 Å². The van der Waals surface area contributed by atoms with Gasteiger partial charge in [0, 0.05) is 20.7 Å². The van der Waals surface area contributed by atoms with E-state index in [1.807, 2.05) is 24.3 Å². The Balaban J connectivity index is 1.46. The molecular formula is C21H13BrCl2N2O3. The van der Waals surface area contributed by atoms with Gasteiger partial charge in [-0.25, -0.2) is 4.98 Å². The number of halogens is 3. The highest BCUT2D eigenvalue weighted by Crippen LogP contribution is 2.29. The summed E-state index contributed by atoms with van der Waals surface area (Å²) in [5.41, 5.74) is 2.71. The van der Waals surface area contributed by atoms with Crippen LogP contribution in [0.5, 0.6) is 5.75 Å². The van der Waals surface area contributed by atoms with Crippen molar-refractivity contribution in [2.75, 3.05) is 11.9 Å². The number of carbonyl (C=O) groups excluding carboxylic acids is 1. The maximum absolute atomic E-state index is 12.2. The van der Waals surface area contributed by atoms with Crippen molar-refractivity contribution in [3.05, 3.63) is 75.2 Å². The third-order valence-corrected chi connectivity index (χ3v) is 5.02. The molecule has 4 rings (SSSR count). The van der Waals surface area contributed by atoms with Gasteiger partial charge in [-0.2, -0.15) is 0 Å². The molecule has 0 saturated heterocycles. The molecule has 0 spiro atoms. The number of carbonyl (C=O) groups is 1. The molecule has 0 aliphatic heterocycles. The van der Waals surface area contributed by atoms with Crippen LogP contribution in [0.2, 0.25) is 10.0 Å². The molecular weight excluding hydrogens is 479 g/mol. The fourth-order valence-corrected chi connectivity index (χ4v) is 3.55. The van der Waals surface area contributed by atoms with E-state index in [0.29, 0.717) is 38.5 Å². The zero-order valence-electron chi connectivity index (χ0n) is 14.8. The van der Waals surface area contributed by atoms with Gasteiger partial charge < -0.3 is 14.5 Å². The highest BCUT2D eigenvalue weighted by molar-refractivity contribution is 9.10. The predicted molar refractivity (Wildman–Crippen MR) is 118 cm³/mol. The second kappa shape index (κ2) is 8.45. The summed E-state index contributed by atoms with van der Waals surface area (Å²) in [5, 5.41) is 3.61. The van der Waals surface area contributed by atoms with Crippen molar-refractivity contribution in [2.45, 2.75) is 0 Å². The molecule has 0 bridgehead atoms. The maximum Gasteiger partial charge on any atom is 0.262 e. The normalized spacial score (nSPS) is 10.9. The Morgan fingerprint density at radius 2 is 1.97 bits per heavy atom. The first-order chi connectivity index (χ1) is 14.0. The largest absolute Gasteiger partial charge is 0.482 e. The lowest BCUT2D eigenvalue weighted by Crippen LogP contribution is -2.20. The number of nitrogens with one attached hydrogen (secondary N) is 1. The molecule has 0 saturated carbocycles. The second-order valence-corrected chi connectivity index (χ2v) is 7.88.